The van der Waals surface area contributed by atoms with Crippen LogP contribution in [0.3, 0.4) is 0 Å². The van der Waals surface area contributed by atoms with Gasteiger partial charge < -0.3 is 15.3 Å². The Morgan fingerprint density at radius 1 is 1.20 bits per heavy atom. The summed E-state index contributed by atoms with van der Waals surface area (Å²) in [7, 11) is 0. The first-order chi connectivity index (χ1) is 9.37. The van der Waals surface area contributed by atoms with Crippen LogP contribution in [-0.2, 0) is 4.79 Å². The molecule has 120 valence electrons. The maximum absolute atomic E-state index is 11.4. The molecule has 0 aromatic rings. The van der Waals surface area contributed by atoms with Gasteiger partial charge in [0.15, 0.2) is 0 Å². The van der Waals surface area contributed by atoms with E-state index in [0.29, 0.717) is 19.0 Å². The maximum atomic E-state index is 11.4. The number of aliphatic carboxylic acids is 1. The number of unbranched alkanes of at least 4 members (excludes halogenated alkanes) is 2. The van der Waals surface area contributed by atoms with Crippen molar-refractivity contribution in [2.45, 2.75) is 78.3 Å². The van der Waals surface area contributed by atoms with Gasteiger partial charge in [0.2, 0.25) is 0 Å². The van der Waals surface area contributed by atoms with Crippen molar-refractivity contribution >= 4 is 5.97 Å². The molecule has 0 saturated carbocycles. The maximum Gasteiger partial charge on any atom is 0.323 e. The lowest BCUT2D eigenvalue weighted by Crippen LogP contribution is -2.49. The lowest BCUT2D eigenvalue weighted by Gasteiger charge is -2.30. The summed E-state index contributed by atoms with van der Waals surface area (Å²) in [6, 6.07) is 0.530. The highest BCUT2D eigenvalue weighted by Crippen LogP contribution is 2.14. The fraction of sp³-hybridized carbons (Fsp3) is 0.938. The van der Waals surface area contributed by atoms with Crippen LogP contribution in [0.5, 0.6) is 0 Å². The van der Waals surface area contributed by atoms with Crippen LogP contribution in [0.15, 0.2) is 0 Å². The Labute approximate surface area is 124 Å². The van der Waals surface area contributed by atoms with Crippen molar-refractivity contribution in [2.24, 2.45) is 0 Å². The Hall–Kier alpha value is -0.610. The lowest BCUT2D eigenvalue weighted by atomic mass is 9.95. The van der Waals surface area contributed by atoms with Gasteiger partial charge in [0.05, 0.1) is 0 Å². The van der Waals surface area contributed by atoms with Gasteiger partial charge in [-0.15, -0.1) is 0 Å². The molecule has 0 amide bonds. The molecule has 0 aliphatic rings. The van der Waals surface area contributed by atoms with E-state index in [4.69, 9.17) is 0 Å². The molecule has 0 aliphatic carbocycles. The molecule has 2 N–H and O–H groups in total. The highest BCUT2D eigenvalue weighted by Gasteiger charge is 2.31. The van der Waals surface area contributed by atoms with Crippen molar-refractivity contribution in [3.63, 3.8) is 0 Å². The summed E-state index contributed by atoms with van der Waals surface area (Å²) in [5, 5.41) is 12.4. The minimum absolute atomic E-state index is 0.530. The van der Waals surface area contributed by atoms with E-state index in [2.05, 4.69) is 31.0 Å². The van der Waals surface area contributed by atoms with Crippen molar-refractivity contribution in [2.75, 3.05) is 19.6 Å². The Balaban J connectivity index is 4.23. The van der Waals surface area contributed by atoms with Gasteiger partial charge in [0, 0.05) is 6.04 Å². The second-order valence-electron chi connectivity index (χ2n) is 6.11. The van der Waals surface area contributed by atoms with Crippen LogP contribution < -0.4 is 5.32 Å². The second-order valence-corrected chi connectivity index (χ2v) is 6.11. The van der Waals surface area contributed by atoms with Crippen LogP contribution in [0.2, 0.25) is 0 Å². The van der Waals surface area contributed by atoms with E-state index < -0.39 is 11.5 Å². The van der Waals surface area contributed by atoms with E-state index in [-0.39, 0.29) is 0 Å². The van der Waals surface area contributed by atoms with E-state index in [1.54, 1.807) is 6.92 Å². The molecule has 0 radical (unpaired) electrons. The molecule has 0 aliphatic heterocycles. The zero-order valence-corrected chi connectivity index (χ0v) is 14.0. The molecule has 0 fully saturated rings. The molecule has 4 nitrogen and oxygen atoms in total. The number of carbonyl (C=O) groups is 1. The molecular formula is C16H34N2O2. The molecule has 0 heterocycles. The first-order valence-electron chi connectivity index (χ1n) is 8.09. The van der Waals surface area contributed by atoms with Crippen LogP contribution in [0.1, 0.15) is 66.7 Å². The topological polar surface area (TPSA) is 52.6 Å². The third kappa shape index (κ3) is 7.25. The van der Waals surface area contributed by atoms with Gasteiger partial charge in [-0.05, 0) is 59.7 Å². The zero-order chi connectivity index (χ0) is 15.6. The third-order valence-electron chi connectivity index (χ3n) is 3.94. The number of nitrogens with one attached hydrogen (secondary N) is 1. The Kier molecular flexibility index (Phi) is 9.86. The predicted molar refractivity (Wildman–Crippen MR) is 85.2 cm³/mol. The number of carboxylic acids is 1. The molecule has 0 saturated heterocycles. The first kappa shape index (κ1) is 19.4. The molecule has 20 heavy (non-hydrogen) atoms. The molecule has 1 atom stereocenters. The third-order valence-corrected chi connectivity index (χ3v) is 3.94. The van der Waals surface area contributed by atoms with Gasteiger partial charge in [0.1, 0.15) is 5.54 Å². The predicted octanol–water partition coefficient (Wildman–Crippen LogP) is 3.12. The Morgan fingerprint density at radius 2 is 1.80 bits per heavy atom. The van der Waals surface area contributed by atoms with Crippen molar-refractivity contribution in [1.82, 2.24) is 10.2 Å². The minimum Gasteiger partial charge on any atom is -0.480 e. The zero-order valence-electron chi connectivity index (χ0n) is 14.0. The van der Waals surface area contributed by atoms with Crippen molar-refractivity contribution in [3.8, 4) is 0 Å². The van der Waals surface area contributed by atoms with Crippen LogP contribution in [0, 0.1) is 0 Å². The number of carboxylic acid groups (broad SMARTS) is 1. The monoisotopic (exact) mass is 286 g/mol. The van der Waals surface area contributed by atoms with E-state index in [1.807, 2.05) is 6.92 Å². The van der Waals surface area contributed by atoms with Crippen molar-refractivity contribution < 1.29 is 9.90 Å². The molecule has 0 bridgehead atoms. The second kappa shape index (κ2) is 10.2. The van der Waals surface area contributed by atoms with Crippen LogP contribution in [0.4, 0.5) is 0 Å². The molecule has 1 unspecified atom stereocenters. The number of hydrogen-bond acceptors (Lipinski definition) is 3. The average Bonchev–Trinajstić information content (AvgIpc) is 2.37. The quantitative estimate of drug-likeness (QED) is 0.541. The number of nitrogens with zero attached hydrogens (tertiary/aromatic N) is 1. The molecule has 0 spiro atoms. The van der Waals surface area contributed by atoms with Gasteiger partial charge in [-0.1, -0.05) is 26.7 Å². The Bertz CT molecular complexity index is 269. The standard InChI is InChI=1S/C16H34N2O2/c1-6-8-9-12-18(14(3)4)13-10-11-16(5,15(19)20)17-7-2/h14,17H,6-13H2,1-5H3,(H,19,20). The molecular weight excluding hydrogens is 252 g/mol. The molecule has 4 heteroatoms. The smallest absolute Gasteiger partial charge is 0.323 e. The van der Waals surface area contributed by atoms with Crippen molar-refractivity contribution in [3.05, 3.63) is 0 Å². The summed E-state index contributed by atoms with van der Waals surface area (Å²) in [5.74, 6) is -0.749. The van der Waals surface area contributed by atoms with Gasteiger partial charge in [-0.2, -0.15) is 0 Å². The normalized spacial score (nSPS) is 14.8. The Morgan fingerprint density at radius 3 is 2.25 bits per heavy atom. The van der Waals surface area contributed by atoms with E-state index in [9.17, 15) is 9.90 Å². The fourth-order valence-electron chi connectivity index (χ4n) is 2.49. The number of rotatable bonds is 12. The summed E-state index contributed by atoms with van der Waals surface area (Å²) in [6.07, 6.45) is 5.34. The highest BCUT2D eigenvalue weighted by molar-refractivity contribution is 5.78. The molecule has 0 aromatic heterocycles. The summed E-state index contributed by atoms with van der Waals surface area (Å²) < 4.78 is 0. The van der Waals surface area contributed by atoms with Gasteiger partial charge in [0.25, 0.3) is 0 Å². The van der Waals surface area contributed by atoms with Gasteiger partial charge >= 0.3 is 5.97 Å². The lowest BCUT2D eigenvalue weighted by molar-refractivity contribution is -0.144. The molecule has 0 aromatic carbocycles. The fourth-order valence-corrected chi connectivity index (χ4v) is 2.49. The largest absolute Gasteiger partial charge is 0.480 e. The van der Waals surface area contributed by atoms with Crippen LogP contribution >= 0.6 is 0 Å². The SMILES string of the molecule is CCCCCN(CCCC(C)(NCC)C(=O)O)C(C)C. The van der Waals surface area contributed by atoms with E-state index >= 15 is 0 Å². The summed E-state index contributed by atoms with van der Waals surface area (Å²) in [6.45, 7) is 13.2. The van der Waals surface area contributed by atoms with Crippen LogP contribution in [-0.4, -0.2) is 47.2 Å². The average molecular weight is 286 g/mol. The summed E-state index contributed by atoms with van der Waals surface area (Å²) in [4.78, 5) is 13.8. The van der Waals surface area contributed by atoms with Crippen molar-refractivity contribution in [1.29, 1.82) is 0 Å². The van der Waals surface area contributed by atoms with E-state index in [1.165, 1.54) is 19.3 Å². The molecule has 0 rings (SSSR count). The minimum atomic E-state index is -0.791. The number of likely N-dealkylation sites (N-methyl/N-ethyl adjacent to an activating group) is 1. The van der Waals surface area contributed by atoms with Crippen LogP contribution in [0.25, 0.3) is 0 Å². The highest BCUT2D eigenvalue weighted by atomic mass is 16.4. The summed E-state index contributed by atoms with van der Waals surface area (Å²) >= 11 is 0. The van der Waals surface area contributed by atoms with Gasteiger partial charge in [-0.25, -0.2) is 0 Å². The summed E-state index contributed by atoms with van der Waals surface area (Å²) in [5.41, 5.74) is -0.791. The number of hydrogen-bond donors (Lipinski definition) is 2. The van der Waals surface area contributed by atoms with E-state index in [0.717, 1.165) is 19.5 Å². The first-order valence-corrected chi connectivity index (χ1v) is 8.09. The van der Waals surface area contributed by atoms with Gasteiger partial charge in [-0.3, -0.25) is 4.79 Å².